The van der Waals surface area contributed by atoms with Crippen LogP contribution in [0.4, 0.5) is 0 Å². The second-order valence-corrected chi connectivity index (χ2v) is 7.71. The number of benzene rings is 2. The highest BCUT2D eigenvalue weighted by Gasteiger charge is 2.26. The molecule has 0 saturated carbocycles. The van der Waals surface area contributed by atoms with Crippen molar-refractivity contribution in [3.05, 3.63) is 59.7 Å². The highest BCUT2D eigenvalue weighted by atomic mass is 16.6. The lowest BCUT2D eigenvalue weighted by atomic mass is 10.0. The van der Waals surface area contributed by atoms with Crippen LogP contribution in [-0.4, -0.2) is 37.1 Å². The maximum absolute atomic E-state index is 12.8. The minimum atomic E-state index is -0.612. The van der Waals surface area contributed by atoms with Gasteiger partial charge in [0.05, 0.1) is 6.54 Å². The van der Waals surface area contributed by atoms with Gasteiger partial charge in [-0.1, -0.05) is 44.2 Å². The summed E-state index contributed by atoms with van der Waals surface area (Å²) < 4.78 is 11.6. The largest absolute Gasteiger partial charge is 0.486 e. The molecule has 0 aliphatic carbocycles. The van der Waals surface area contributed by atoms with Gasteiger partial charge in [-0.05, 0) is 43.0 Å². The molecule has 2 amide bonds. The summed E-state index contributed by atoms with van der Waals surface area (Å²) in [6.07, 6.45) is 0.273. The second-order valence-electron chi connectivity index (χ2n) is 7.71. The number of hydrogen-bond acceptors (Lipinski definition) is 4. The Bertz CT molecular complexity index is 865. The van der Waals surface area contributed by atoms with Gasteiger partial charge in [-0.15, -0.1) is 0 Å². The summed E-state index contributed by atoms with van der Waals surface area (Å²) in [5, 5.41) is 5.79. The third-order valence-corrected chi connectivity index (χ3v) is 4.79. The van der Waals surface area contributed by atoms with Gasteiger partial charge < -0.3 is 20.1 Å². The van der Waals surface area contributed by atoms with Crippen LogP contribution in [0.25, 0.3) is 0 Å². The van der Waals surface area contributed by atoms with E-state index in [1.807, 2.05) is 63.2 Å². The topological polar surface area (TPSA) is 76.7 Å². The molecular weight excluding hydrogens is 368 g/mol. The predicted molar refractivity (Wildman–Crippen MR) is 111 cm³/mol. The number of amides is 2. The Balaban J connectivity index is 1.59. The monoisotopic (exact) mass is 396 g/mol. The summed E-state index contributed by atoms with van der Waals surface area (Å²) in [5.74, 6) is 1.17. The molecule has 1 aliphatic rings. The van der Waals surface area contributed by atoms with E-state index >= 15 is 0 Å². The van der Waals surface area contributed by atoms with Gasteiger partial charge in [0.25, 0.3) is 5.91 Å². The van der Waals surface area contributed by atoms with E-state index in [-0.39, 0.29) is 23.8 Å². The number of nitrogens with one attached hydrogen (secondary N) is 2. The molecule has 0 bridgehead atoms. The minimum absolute atomic E-state index is 0.219. The standard InChI is InChI=1S/C23H28N2O4/c1-15(2)12-19(25-22(26)18-9-5-4-8-16(18)3)23(27)24-13-17-14-28-20-10-6-7-11-21(20)29-17/h4-11,15,17,19H,12-14H2,1-3H3,(H,24,27)(H,25,26). The molecule has 2 atom stereocenters. The zero-order valence-corrected chi connectivity index (χ0v) is 17.1. The number of hydrogen-bond donors (Lipinski definition) is 2. The van der Waals surface area contributed by atoms with Gasteiger partial charge in [-0.25, -0.2) is 0 Å². The third-order valence-electron chi connectivity index (χ3n) is 4.79. The molecule has 0 aromatic heterocycles. The van der Waals surface area contributed by atoms with Gasteiger partial charge in [0.2, 0.25) is 5.91 Å². The molecule has 3 rings (SSSR count). The molecule has 0 fully saturated rings. The molecule has 1 aliphatic heterocycles. The molecule has 2 N–H and O–H groups in total. The summed E-state index contributed by atoms with van der Waals surface area (Å²) in [6.45, 7) is 6.60. The molecule has 2 aromatic rings. The van der Waals surface area contributed by atoms with Crippen molar-refractivity contribution in [3.8, 4) is 11.5 Å². The first-order valence-electron chi connectivity index (χ1n) is 9.96. The Kier molecular flexibility index (Phi) is 6.75. The SMILES string of the molecule is Cc1ccccc1C(=O)NC(CC(C)C)C(=O)NCC1COc2ccccc2O1. The van der Waals surface area contributed by atoms with Crippen molar-refractivity contribution < 1.29 is 19.1 Å². The van der Waals surface area contributed by atoms with Crippen LogP contribution < -0.4 is 20.1 Å². The molecule has 29 heavy (non-hydrogen) atoms. The van der Waals surface area contributed by atoms with Crippen molar-refractivity contribution in [3.63, 3.8) is 0 Å². The number of ether oxygens (including phenoxy) is 2. The predicted octanol–water partition coefficient (Wildman–Crippen LogP) is 3.10. The molecule has 0 radical (unpaired) electrons. The molecular formula is C23H28N2O4. The van der Waals surface area contributed by atoms with Crippen molar-refractivity contribution in [2.24, 2.45) is 5.92 Å². The number of carbonyl (C=O) groups excluding carboxylic acids is 2. The smallest absolute Gasteiger partial charge is 0.252 e. The quantitative estimate of drug-likeness (QED) is 0.754. The number of rotatable bonds is 7. The highest BCUT2D eigenvalue weighted by molar-refractivity contribution is 5.98. The summed E-state index contributed by atoms with van der Waals surface area (Å²) in [6, 6.07) is 14.2. The maximum atomic E-state index is 12.8. The molecule has 154 valence electrons. The first kappa shape index (κ1) is 20.7. The fraction of sp³-hybridized carbons (Fsp3) is 0.391. The highest BCUT2D eigenvalue weighted by Crippen LogP contribution is 2.30. The van der Waals surface area contributed by atoms with E-state index in [1.54, 1.807) is 6.07 Å². The molecule has 1 heterocycles. The second kappa shape index (κ2) is 9.45. The van der Waals surface area contributed by atoms with Gasteiger partial charge in [0.15, 0.2) is 11.5 Å². The van der Waals surface area contributed by atoms with E-state index in [9.17, 15) is 9.59 Å². The van der Waals surface area contributed by atoms with Crippen molar-refractivity contribution >= 4 is 11.8 Å². The van der Waals surface area contributed by atoms with Crippen molar-refractivity contribution in [1.29, 1.82) is 0 Å². The molecule has 2 unspecified atom stereocenters. The van der Waals surface area contributed by atoms with Crippen LogP contribution in [0.3, 0.4) is 0 Å². The Morgan fingerprint density at radius 3 is 2.48 bits per heavy atom. The van der Waals surface area contributed by atoms with Crippen LogP contribution in [0.15, 0.2) is 48.5 Å². The molecule has 0 saturated heterocycles. The summed E-state index contributed by atoms with van der Waals surface area (Å²) in [7, 11) is 0. The lowest BCUT2D eigenvalue weighted by Crippen LogP contribution is -2.50. The van der Waals surface area contributed by atoms with E-state index in [0.717, 1.165) is 5.56 Å². The van der Waals surface area contributed by atoms with Gasteiger partial charge in [-0.3, -0.25) is 9.59 Å². The third kappa shape index (κ3) is 5.50. The lowest BCUT2D eigenvalue weighted by molar-refractivity contribution is -0.123. The average Bonchev–Trinajstić information content (AvgIpc) is 2.71. The summed E-state index contributed by atoms with van der Waals surface area (Å²) >= 11 is 0. The van der Waals surface area contributed by atoms with E-state index in [1.165, 1.54) is 0 Å². The first-order valence-corrected chi connectivity index (χ1v) is 9.96. The number of fused-ring (bicyclic) bond motifs is 1. The number of para-hydroxylation sites is 2. The molecule has 0 spiro atoms. The fourth-order valence-corrected chi connectivity index (χ4v) is 3.27. The molecule has 6 heteroatoms. The summed E-state index contributed by atoms with van der Waals surface area (Å²) in [4.78, 5) is 25.5. The van der Waals surface area contributed by atoms with Crippen molar-refractivity contribution in [2.45, 2.75) is 39.3 Å². The van der Waals surface area contributed by atoms with Crippen LogP contribution >= 0.6 is 0 Å². The minimum Gasteiger partial charge on any atom is -0.486 e. The van der Waals surface area contributed by atoms with Crippen LogP contribution in [0.2, 0.25) is 0 Å². The summed E-state index contributed by atoms with van der Waals surface area (Å²) in [5.41, 5.74) is 1.45. The lowest BCUT2D eigenvalue weighted by Gasteiger charge is -2.27. The maximum Gasteiger partial charge on any atom is 0.252 e. The van der Waals surface area contributed by atoms with Crippen LogP contribution in [0.5, 0.6) is 11.5 Å². The Labute approximate surface area is 171 Å². The van der Waals surface area contributed by atoms with Gasteiger partial charge in [0.1, 0.15) is 18.8 Å². The van der Waals surface area contributed by atoms with E-state index in [4.69, 9.17) is 9.47 Å². The van der Waals surface area contributed by atoms with Crippen LogP contribution in [0.1, 0.15) is 36.2 Å². The van der Waals surface area contributed by atoms with Gasteiger partial charge >= 0.3 is 0 Å². The fourth-order valence-electron chi connectivity index (χ4n) is 3.27. The van der Waals surface area contributed by atoms with Crippen molar-refractivity contribution in [2.75, 3.05) is 13.2 Å². The zero-order valence-electron chi connectivity index (χ0n) is 17.1. The Hall–Kier alpha value is -3.02. The van der Waals surface area contributed by atoms with E-state index in [0.29, 0.717) is 36.6 Å². The normalized spacial score (nSPS) is 16.2. The van der Waals surface area contributed by atoms with E-state index < -0.39 is 6.04 Å². The molecule has 2 aromatic carbocycles. The van der Waals surface area contributed by atoms with Crippen LogP contribution in [-0.2, 0) is 4.79 Å². The van der Waals surface area contributed by atoms with Crippen molar-refractivity contribution in [1.82, 2.24) is 10.6 Å². The Morgan fingerprint density at radius 2 is 1.76 bits per heavy atom. The number of aryl methyl sites for hydroxylation is 1. The van der Waals surface area contributed by atoms with Gasteiger partial charge in [0, 0.05) is 5.56 Å². The Morgan fingerprint density at radius 1 is 1.07 bits per heavy atom. The molecule has 6 nitrogen and oxygen atoms in total. The number of carbonyl (C=O) groups is 2. The van der Waals surface area contributed by atoms with Crippen LogP contribution in [0, 0.1) is 12.8 Å². The van der Waals surface area contributed by atoms with E-state index in [2.05, 4.69) is 10.6 Å². The van der Waals surface area contributed by atoms with Gasteiger partial charge in [-0.2, -0.15) is 0 Å². The zero-order chi connectivity index (χ0) is 20.8. The first-order chi connectivity index (χ1) is 13.9. The average molecular weight is 396 g/mol.